The first-order valence-electron chi connectivity index (χ1n) is 10.6. The number of hydrogen-bond acceptors (Lipinski definition) is 8. The molecule has 1 amide bonds. The minimum atomic E-state index is -0.837. The second-order valence-corrected chi connectivity index (χ2v) is 9.61. The molecule has 3 heterocycles. The Balaban J connectivity index is 1.85. The van der Waals surface area contributed by atoms with E-state index in [1.807, 2.05) is 13.8 Å². The van der Waals surface area contributed by atoms with Gasteiger partial charge in [0.1, 0.15) is 5.58 Å². The van der Waals surface area contributed by atoms with Crippen LogP contribution in [0.4, 0.5) is 5.13 Å². The number of anilines is 1. The topological polar surface area (TPSA) is 91.1 Å². The summed E-state index contributed by atoms with van der Waals surface area (Å²) in [6, 6.07) is 7.34. The Morgan fingerprint density at radius 3 is 2.29 bits per heavy atom. The molecule has 0 N–H and O–H groups in total. The fourth-order valence-corrected chi connectivity index (χ4v) is 5.38. The van der Waals surface area contributed by atoms with Crippen molar-refractivity contribution in [1.82, 2.24) is 4.98 Å². The van der Waals surface area contributed by atoms with E-state index in [9.17, 15) is 9.59 Å². The summed E-state index contributed by atoms with van der Waals surface area (Å²) in [5.41, 5.74) is 1.51. The van der Waals surface area contributed by atoms with Crippen LogP contribution in [0, 0.1) is 13.8 Å². The average molecular weight is 513 g/mol. The van der Waals surface area contributed by atoms with Crippen LogP contribution in [0.2, 0.25) is 5.02 Å². The number of halogens is 1. The Kier molecular flexibility index (Phi) is 5.69. The van der Waals surface area contributed by atoms with Gasteiger partial charge in [0.05, 0.1) is 44.0 Å². The number of rotatable bonds is 5. The second-order valence-electron chi connectivity index (χ2n) is 7.99. The smallest absolute Gasteiger partial charge is 0.297 e. The minimum absolute atomic E-state index is 0.0333. The lowest BCUT2D eigenvalue weighted by molar-refractivity contribution is 0.0971. The van der Waals surface area contributed by atoms with E-state index < -0.39 is 11.9 Å². The van der Waals surface area contributed by atoms with Crippen LogP contribution in [0.25, 0.3) is 11.0 Å². The zero-order valence-electron chi connectivity index (χ0n) is 19.6. The first-order chi connectivity index (χ1) is 16.8. The molecule has 1 aliphatic heterocycles. The SMILES string of the molecule is COc1cc([C@H]2c3c(oc4ccc(Cl)cc4c3=O)C(=O)N2c2nc(C)c(C)s2)cc(OC)c1OC. The summed E-state index contributed by atoms with van der Waals surface area (Å²) in [6.45, 7) is 3.80. The van der Waals surface area contributed by atoms with Crippen molar-refractivity contribution in [3.63, 3.8) is 0 Å². The van der Waals surface area contributed by atoms with E-state index in [0.717, 1.165) is 10.6 Å². The number of methoxy groups -OCH3 is 3. The average Bonchev–Trinajstić information content (AvgIpc) is 3.34. The number of thiazole rings is 1. The summed E-state index contributed by atoms with van der Waals surface area (Å²) >= 11 is 7.53. The molecule has 4 aromatic rings. The van der Waals surface area contributed by atoms with Crippen LogP contribution in [-0.4, -0.2) is 32.2 Å². The van der Waals surface area contributed by atoms with Crippen molar-refractivity contribution in [2.45, 2.75) is 19.9 Å². The lowest BCUT2D eigenvalue weighted by Gasteiger charge is -2.24. The van der Waals surface area contributed by atoms with Crippen molar-refractivity contribution in [1.29, 1.82) is 0 Å². The summed E-state index contributed by atoms with van der Waals surface area (Å²) in [5.74, 6) is 0.688. The number of carbonyl (C=O) groups is 1. The molecule has 2 aromatic carbocycles. The number of carbonyl (C=O) groups excluding carboxylic acids is 1. The van der Waals surface area contributed by atoms with Gasteiger partial charge in [-0.1, -0.05) is 11.6 Å². The molecule has 1 aliphatic rings. The van der Waals surface area contributed by atoms with Gasteiger partial charge < -0.3 is 18.6 Å². The summed E-state index contributed by atoms with van der Waals surface area (Å²) < 4.78 is 22.5. The number of nitrogens with zero attached hydrogens (tertiary/aromatic N) is 2. The zero-order chi connectivity index (χ0) is 25.0. The molecule has 5 rings (SSSR count). The standard InChI is InChI=1S/C25H21ClN2O6S/c1-11-12(2)35-25(27-11)28-20(13-8-17(31-3)22(33-5)18(9-13)32-4)19-21(29)15-10-14(26)6-7-16(15)34-23(19)24(28)30/h6-10,20H,1-5H3/t20-/m0/s1. The van der Waals surface area contributed by atoms with Gasteiger partial charge in [-0.25, -0.2) is 4.98 Å². The van der Waals surface area contributed by atoms with Crippen LogP contribution in [0.3, 0.4) is 0 Å². The Morgan fingerprint density at radius 2 is 1.71 bits per heavy atom. The molecule has 0 fully saturated rings. The number of ether oxygens (including phenoxy) is 3. The van der Waals surface area contributed by atoms with Crippen molar-refractivity contribution >= 4 is 44.9 Å². The maximum absolute atomic E-state index is 13.8. The van der Waals surface area contributed by atoms with Gasteiger partial charge in [0.2, 0.25) is 11.5 Å². The second kappa shape index (κ2) is 8.58. The predicted molar refractivity (Wildman–Crippen MR) is 134 cm³/mol. The monoisotopic (exact) mass is 512 g/mol. The number of benzene rings is 2. The molecule has 0 unspecified atom stereocenters. The third-order valence-corrected chi connectivity index (χ3v) is 7.37. The van der Waals surface area contributed by atoms with Crippen molar-refractivity contribution in [3.05, 3.63) is 73.0 Å². The fraction of sp³-hybridized carbons (Fsp3) is 0.240. The van der Waals surface area contributed by atoms with Crippen molar-refractivity contribution < 1.29 is 23.4 Å². The quantitative estimate of drug-likeness (QED) is 0.358. The zero-order valence-corrected chi connectivity index (χ0v) is 21.2. The molecule has 0 saturated heterocycles. The van der Waals surface area contributed by atoms with E-state index in [0.29, 0.717) is 33.0 Å². The molecule has 0 aliphatic carbocycles. The summed E-state index contributed by atoms with van der Waals surface area (Å²) in [4.78, 5) is 34.6. The summed E-state index contributed by atoms with van der Waals surface area (Å²) in [5, 5.41) is 1.13. The number of hydrogen-bond donors (Lipinski definition) is 0. The van der Waals surface area contributed by atoms with E-state index in [-0.39, 0.29) is 27.7 Å². The maximum Gasteiger partial charge on any atom is 0.297 e. The molecule has 0 radical (unpaired) electrons. The third-order valence-electron chi connectivity index (χ3n) is 6.06. The highest BCUT2D eigenvalue weighted by molar-refractivity contribution is 7.15. The van der Waals surface area contributed by atoms with Crippen LogP contribution >= 0.6 is 22.9 Å². The van der Waals surface area contributed by atoms with E-state index >= 15 is 0 Å². The first-order valence-corrected chi connectivity index (χ1v) is 11.8. The highest BCUT2D eigenvalue weighted by Crippen LogP contribution is 2.47. The predicted octanol–water partition coefficient (Wildman–Crippen LogP) is 5.30. The first kappa shape index (κ1) is 23.2. The molecule has 0 saturated carbocycles. The van der Waals surface area contributed by atoms with Crippen molar-refractivity contribution in [2.75, 3.05) is 26.2 Å². The van der Waals surface area contributed by atoms with Gasteiger partial charge in [-0.3, -0.25) is 14.5 Å². The van der Waals surface area contributed by atoms with Gasteiger partial charge in [-0.2, -0.15) is 0 Å². The number of amides is 1. The van der Waals surface area contributed by atoms with Gasteiger partial charge in [0.15, 0.2) is 22.1 Å². The lowest BCUT2D eigenvalue weighted by Crippen LogP contribution is -2.29. The molecule has 10 heteroatoms. The molecular weight excluding hydrogens is 492 g/mol. The van der Waals surface area contributed by atoms with E-state index in [1.54, 1.807) is 30.3 Å². The fourth-order valence-electron chi connectivity index (χ4n) is 4.28. The Labute approximate surface area is 209 Å². The van der Waals surface area contributed by atoms with E-state index in [4.69, 9.17) is 30.2 Å². The van der Waals surface area contributed by atoms with Crippen LogP contribution in [-0.2, 0) is 0 Å². The Hall–Kier alpha value is -3.56. The molecule has 180 valence electrons. The number of aryl methyl sites for hydroxylation is 2. The van der Waals surface area contributed by atoms with E-state index in [1.165, 1.54) is 37.6 Å². The molecule has 8 nitrogen and oxygen atoms in total. The molecule has 0 spiro atoms. The van der Waals surface area contributed by atoms with Gasteiger partial charge in [0.25, 0.3) is 5.91 Å². The maximum atomic E-state index is 13.8. The highest BCUT2D eigenvalue weighted by Gasteiger charge is 2.45. The molecule has 2 aromatic heterocycles. The molecule has 0 bridgehead atoms. The van der Waals surface area contributed by atoms with Gasteiger partial charge >= 0.3 is 0 Å². The van der Waals surface area contributed by atoms with Crippen molar-refractivity contribution in [2.24, 2.45) is 0 Å². The van der Waals surface area contributed by atoms with Gasteiger partial charge in [0, 0.05) is 9.90 Å². The number of fused-ring (bicyclic) bond motifs is 2. The van der Waals surface area contributed by atoms with Crippen LogP contribution in [0.15, 0.2) is 39.5 Å². The lowest BCUT2D eigenvalue weighted by atomic mass is 9.98. The van der Waals surface area contributed by atoms with Crippen LogP contribution in [0.1, 0.15) is 38.3 Å². The summed E-state index contributed by atoms with van der Waals surface area (Å²) in [6.07, 6.45) is 0. The highest BCUT2D eigenvalue weighted by atomic mass is 35.5. The molecule has 35 heavy (non-hydrogen) atoms. The van der Waals surface area contributed by atoms with Gasteiger partial charge in [-0.15, -0.1) is 11.3 Å². The molecule has 1 atom stereocenters. The van der Waals surface area contributed by atoms with Crippen LogP contribution < -0.4 is 24.5 Å². The third kappa shape index (κ3) is 3.54. The summed E-state index contributed by atoms with van der Waals surface area (Å²) in [7, 11) is 4.51. The largest absolute Gasteiger partial charge is 0.493 e. The number of aromatic nitrogens is 1. The normalized spacial score (nSPS) is 15.0. The Morgan fingerprint density at radius 1 is 1.03 bits per heavy atom. The molecular formula is C25H21ClN2O6S. The van der Waals surface area contributed by atoms with E-state index in [2.05, 4.69) is 4.98 Å². The minimum Gasteiger partial charge on any atom is -0.493 e. The Bertz CT molecular complexity index is 1520. The van der Waals surface area contributed by atoms with Crippen molar-refractivity contribution in [3.8, 4) is 17.2 Å². The van der Waals surface area contributed by atoms with Crippen LogP contribution in [0.5, 0.6) is 17.2 Å². The van der Waals surface area contributed by atoms with Gasteiger partial charge in [-0.05, 0) is 49.7 Å².